The minimum absolute atomic E-state index is 0.0882. The predicted octanol–water partition coefficient (Wildman–Crippen LogP) is 1.32. The van der Waals surface area contributed by atoms with Gasteiger partial charge in [0, 0.05) is 64.0 Å². The van der Waals surface area contributed by atoms with Gasteiger partial charge in [-0.2, -0.15) is 0 Å². The highest BCUT2D eigenvalue weighted by molar-refractivity contribution is 5.84. The van der Waals surface area contributed by atoms with Crippen molar-refractivity contribution in [2.45, 2.75) is 32.9 Å². The summed E-state index contributed by atoms with van der Waals surface area (Å²) in [6.45, 7) is 6.99. The van der Waals surface area contributed by atoms with Gasteiger partial charge >= 0.3 is 0 Å². The summed E-state index contributed by atoms with van der Waals surface area (Å²) in [6, 6.07) is 10.1. The molecule has 0 radical (unpaired) electrons. The summed E-state index contributed by atoms with van der Waals surface area (Å²) in [4.78, 5) is 36.6. The Kier molecular flexibility index (Phi) is 7.73. The second kappa shape index (κ2) is 10.7. The highest BCUT2D eigenvalue weighted by Gasteiger charge is 2.19. The summed E-state index contributed by atoms with van der Waals surface area (Å²) in [7, 11) is 0. The Bertz CT molecular complexity index is 819. The molecule has 3 N–H and O–H groups in total. The number of hydrogen-bond donors (Lipinski definition) is 2. The number of nitrogens with one attached hydrogen (secondary N) is 1. The first-order valence-electron chi connectivity index (χ1n) is 10.4. The van der Waals surface area contributed by atoms with E-state index >= 15 is 0 Å². The SMILES string of the molecule is CCC(CC(N)=O)C(=O)NCc1ccc(CN2CCN(c3ncccn3)CC2)cc1. The second-order valence-electron chi connectivity index (χ2n) is 7.62. The van der Waals surface area contributed by atoms with E-state index in [0.29, 0.717) is 13.0 Å². The van der Waals surface area contributed by atoms with Crippen LogP contribution in [0.3, 0.4) is 0 Å². The lowest BCUT2D eigenvalue weighted by molar-refractivity contribution is -0.129. The van der Waals surface area contributed by atoms with Crippen molar-refractivity contribution in [2.24, 2.45) is 11.7 Å². The minimum atomic E-state index is -0.446. The molecule has 160 valence electrons. The van der Waals surface area contributed by atoms with Crippen molar-refractivity contribution in [1.29, 1.82) is 0 Å². The van der Waals surface area contributed by atoms with Gasteiger partial charge in [0.2, 0.25) is 17.8 Å². The van der Waals surface area contributed by atoms with Crippen LogP contribution in [0.5, 0.6) is 0 Å². The summed E-state index contributed by atoms with van der Waals surface area (Å²) < 4.78 is 0. The lowest BCUT2D eigenvalue weighted by Crippen LogP contribution is -2.46. The van der Waals surface area contributed by atoms with Gasteiger partial charge < -0.3 is 16.0 Å². The van der Waals surface area contributed by atoms with E-state index < -0.39 is 5.91 Å². The fraction of sp³-hybridized carbons (Fsp3) is 0.455. The molecule has 1 fully saturated rings. The molecule has 0 saturated carbocycles. The first-order valence-corrected chi connectivity index (χ1v) is 10.4. The zero-order valence-corrected chi connectivity index (χ0v) is 17.5. The number of anilines is 1. The first kappa shape index (κ1) is 21.7. The summed E-state index contributed by atoms with van der Waals surface area (Å²) in [5, 5.41) is 2.90. The van der Waals surface area contributed by atoms with E-state index in [9.17, 15) is 9.59 Å². The third-order valence-electron chi connectivity index (χ3n) is 5.41. The zero-order valence-electron chi connectivity index (χ0n) is 17.5. The summed E-state index contributed by atoms with van der Waals surface area (Å²) >= 11 is 0. The van der Waals surface area contributed by atoms with Crippen LogP contribution in [0.2, 0.25) is 0 Å². The van der Waals surface area contributed by atoms with Gasteiger partial charge in [0.15, 0.2) is 0 Å². The van der Waals surface area contributed by atoms with E-state index in [-0.39, 0.29) is 18.2 Å². The molecule has 2 amide bonds. The van der Waals surface area contributed by atoms with E-state index in [1.165, 1.54) is 5.56 Å². The van der Waals surface area contributed by atoms with Gasteiger partial charge in [-0.25, -0.2) is 9.97 Å². The Morgan fingerprint density at radius 1 is 1.07 bits per heavy atom. The molecular formula is C22H30N6O2. The number of carbonyl (C=O) groups is 2. The standard InChI is InChI=1S/C22H30N6O2/c1-2-19(14-20(23)29)21(30)26-15-17-4-6-18(7-5-17)16-27-10-12-28(13-11-27)22-24-8-3-9-25-22/h3-9,19H,2,10-16H2,1H3,(H2,23,29)(H,26,30). The number of nitrogens with two attached hydrogens (primary N) is 1. The molecule has 0 spiro atoms. The van der Waals surface area contributed by atoms with Gasteiger partial charge in [-0.3, -0.25) is 14.5 Å². The van der Waals surface area contributed by atoms with Crippen LogP contribution < -0.4 is 16.0 Å². The molecule has 0 bridgehead atoms. The number of benzene rings is 1. The van der Waals surface area contributed by atoms with Gasteiger partial charge in [0.05, 0.1) is 0 Å². The molecule has 1 aromatic heterocycles. The Hall–Kier alpha value is -3.00. The van der Waals surface area contributed by atoms with E-state index in [1.54, 1.807) is 12.4 Å². The normalized spacial score (nSPS) is 15.6. The second-order valence-corrected chi connectivity index (χ2v) is 7.62. The Morgan fingerprint density at radius 2 is 1.70 bits per heavy atom. The number of carbonyl (C=O) groups excluding carboxylic acids is 2. The van der Waals surface area contributed by atoms with Gasteiger partial charge in [-0.1, -0.05) is 31.2 Å². The van der Waals surface area contributed by atoms with Crippen LogP contribution >= 0.6 is 0 Å². The lowest BCUT2D eigenvalue weighted by Gasteiger charge is -2.34. The molecule has 1 unspecified atom stereocenters. The van der Waals surface area contributed by atoms with Gasteiger partial charge in [-0.15, -0.1) is 0 Å². The van der Waals surface area contributed by atoms with Gasteiger partial charge in [-0.05, 0) is 23.6 Å². The Labute approximate surface area is 177 Å². The van der Waals surface area contributed by atoms with E-state index in [1.807, 2.05) is 25.1 Å². The number of aromatic nitrogens is 2. The lowest BCUT2D eigenvalue weighted by atomic mass is 10.0. The molecule has 1 aliphatic heterocycles. The number of nitrogens with zero attached hydrogens (tertiary/aromatic N) is 4. The number of primary amides is 1. The summed E-state index contributed by atoms with van der Waals surface area (Å²) in [5.74, 6) is -0.134. The molecule has 8 nitrogen and oxygen atoms in total. The van der Waals surface area contributed by atoms with Crippen LogP contribution in [0.4, 0.5) is 5.95 Å². The van der Waals surface area contributed by atoms with Crippen LogP contribution in [0.25, 0.3) is 0 Å². The molecule has 2 aromatic rings. The monoisotopic (exact) mass is 410 g/mol. The maximum absolute atomic E-state index is 12.2. The maximum atomic E-state index is 12.2. The van der Waals surface area contributed by atoms with Crippen LogP contribution in [0, 0.1) is 5.92 Å². The smallest absolute Gasteiger partial charge is 0.225 e. The van der Waals surface area contributed by atoms with E-state index in [2.05, 4.69) is 37.2 Å². The first-order chi connectivity index (χ1) is 14.5. The molecule has 1 aliphatic rings. The van der Waals surface area contributed by atoms with Crippen molar-refractivity contribution in [1.82, 2.24) is 20.2 Å². The fourth-order valence-electron chi connectivity index (χ4n) is 3.58. The molecular weight excluding hydrogens is 380 g/mol. The number of hydrogen-bond acceptors (Lipinski definition) is 6. The highest BCUT2D eigenvalue weighted by Crippen LogP contribution is 2.14. The van der Waals surface area contributed by atoms with Crippen molar-refractivity contribution >= 4 is 17.8 Å². The van der Waals surface area contributed by atoms with Gasteiger partial charge in [0.1, 0.15) is 0 Å². The van der Waals surface area contributed by atoms with Crippen molar-refractivity contribution in [2.75, 3.05) is 31.1 Å². The molecule has 30 heavy (non-hydrogen) atoms. The number of amides is 2. The van der Waals surface area contributed by atoms with Gasteiger partial charge in [0.25, 0.3) is 0 Å². The molecule has 1 atom stereocenters. The van der Waals surface area contributed by atoms with Crippen molar-refractivity contribution in [3.05, 3.63) is 53.9 Å². The topological polar surface area (TPSA) is 104 Å². The third kappa shape index (κ3) is 6.25. The quantitative estimate of drug-likeness (QED) is 0.646. The largest absolute Gasteiger partial charge is 0.370 e. The van der Waals surface area contributed by atoms with Crippen LogP contribution in [0.1, 0.15) is 30.9 Å². The highest BCUT2D eigenvalue weighted by atomic mass is 16.2. The molecule has 8 heteroatoms. The Balaban J connectivity index is 1.44. The van der Waals surface area contributed by atoms with Crippen molar-refractivity contribution in [3.63, 3.8) is 0 Å². The molecule has 2 heterocycles. The summed E-state index contributed by atoms with van der Waals surface area (Å²) in [6.07, 6.45) is 4.24. The van der Waals surface area contributed by atoms with Crippen molar-refractivity contribution < 1.29 is 9.59 Å². The number of piperazine rings is 1. The Morgan fingerprint density at radius 3 is 2.30 bits per heavy atom. The zero-order chi connectivity index (χ0) is 21.3. The van der Waals surface area contributed by atoms with Crippen LogP contribution in [-0.2, 0) is 22.7 Å². The van der Waals surface area contributed by atoms with E-state index in [0.717, 1.165) is 44.2 Å². The summed E-state index contributed by atoms with van der Waals surface area (Å²) in [5.41, 5.74) is 7.49. The molecule has 3 rings (SSSR count). The molecule has 1 aromatic carbocycles. The molecule has 0 aliphatic carbocycles. The minimum Gasteiger partial charge on any atom is -0.370 e. The number of rotatable bonds is 9. The molecule has 1 saturated heterocycles. The average molecular weight is 411 g/mol. The van der Waals surface area contributed by atoms with E-state index in [4.69, 9.17) is 5.73 Å². The maximum Gasteiger partial charge on any atom is 0.225 e. The predicted molar refractivity (Wildman–Crippen MR) is 115 cm³/mol. The average Bonchev–Trinajstić information content (AvgIpc) is 2.78. The third-order valence-corrected chi connectivity index (χ3v) is 5.41. The van der Waals surface area contributed by atoms with Crippen LogP contribution in [0.15, 0.2) is 42.7 Å². The fourth-order valence-corrected chi connectivity index (χ4v) is 3.58. The van der Waals surface area contributed by atoms with Crippen LogP contribution in [-0.4, -0.2) is 52.9 Å². The van der Waals surface area contributed by atoms with Crippen molar-refractivity contribution in [3.8, 4) is 0 Å².